The fraction of sp³-hybridized carbons (Fsp3) is 0.538. The number of rotatable bonds is 6. The fourth-order valence-electron chi connectivity index (χ4n) is 1.64. The Morgan fingerprint density at radius 1 is 1.19 bits per heavy atom. The van der Waals surface area contributed by atoms with Gasteiger partial charge in [0.15, 0.2) is 11.6 Å². The van der Waals surface area contributed by atoms with Gasteiger partial charge in [0.05, 0.1) is 0 Å². The van der Waals surface area contributed by atoms with Gasteiger partial charge in [0.2, 0.25) is 0 Å². The van der Waals surface area contributed by atoms with E-state index in [2.05, 4.69) is 19.2 Å². The van der Waals surface area contributed by atoms with Crippen molar-refractivity contribution in [2.75, 3.05) is 5.32 Å². The molecule has 1 atom stereocenters. The Kier molecular flexibility index (Phi) is 5.23. The monoisotopic (exact) mass is 227 g/mol. The van der Waals surface area contributed by atoms with E-state index in [4.69, 9.17) is 0 Å². The van der Waals surface area contributed by atoms with E-state index in [1.807, 2.05) is 0 Å². The summed E-state index contributed by atoms with van der Waals surface area (Å²) in [5.74, 6) is -1.60. The van der Waals surface area contributed by atoms with E-state index >= 15 is 0 Å². The fourth-order valence-corrected chi connectivity index (χ4v) is 1.64. The van der Waals surface area contributed by atoms with E-state index < -0.39 is 11.6 Å². The summed E-state index contributed by atoms with van der Waals surface area (Å²) < 4.78 is 25.6. The predicted molar refractivity (Wildman–Crippen MR) is 63.6 cm³/mol. The van der Waals surface area contributed by atoms with Gasteiger partial charge in [-0.25, -0.2) is 8.78 Å². The molecule has 0 spiro atoms. The van der Waals surface area contributed by atoms with Crippen LogP contribution in [0.1, 0.15) is 39.5 Å². The molecule has 0 aliphatic rings. The van der Waals surface area contributed by atoms with Crippen LogP contribution in [-0.2, 0) is 0 Å². The molecule has 0 saturated heterocycles. The van der Waals surface area contributed by atoms with Crippen molar-refractivity contribution >= 4 is 5.69 Å². The average Bonchev–Trinajstić information content (AvgIpc) is 2.24. The zero-order chi connectivity index (χ0) is 12.0. The van der Waals surface area contributed by atoms with Crippen molar-refractivity contribution in [1.29, 1.82) is 0 Å². The smallest absolute Gasteiger partial charge is 0.160 e. The minimum atomic E-state index is -0.802. The lowest BCUT2D eigenvalue weighted by Crippen LogP contribution is -2.15. The average molecular weight is 227 g/mol. The molecule has 0 aliphatic carbocycles. The van der Waals surface area contributed by atoms with Gasteiger partial charge in [0, 0.05) is 17.8 Å². The largest absolute Gasteiger partial charge is 0.383 e. The van der Waals surface area contributed by atoms with Crippen molar-refractivity contribution in [2.45, 2.75) is 45.6 Å². The van der Waals surface area contributed by atoms with Crippen LogP contribution in [-0.4, -0.2) is 6.04 Å². The van der Waals surface area contributed by atoms with Crippen LogP contribution in [0.3, 0.4) is 0 Å². The number of hydrogen-bond donors (Lipinski definition) is 1. The first-order valence-electron chi connectivity index (χ1n) is 5.85. The van der Waals surface area contributed by atoms with Gasteiger partial charge in [-0.1, -0.05) is 26.2 Å². The minimum absolute atomic E-state index is 0.288. The van der Waals surface area contributed by atoms with Crippen molar-refractivity contribution in [3.8, 4) is 0 Å². The molecular weight excluding hydrogens is 208 g/mol. The van der Waals surface area contributed by atoms with Gasteiger partial charge in [0.25, 0.3) is 0 Å². The maximum absolute atomic E-state index is 12.9. The Morgan fingerprint density at radius 2 is 1.94 bits per heavy atom. The number of hydrogen-bond acceptors (Lipinski definition) is 1. The van der Waals surface area contributed by atoms with E-state index in [1.54, 1.807) is 6.07 Å². The van der Waals surface area contributed by atoms with Gasteiger partial charge in [-0.3, -0.25) is 0 Å². The first-order valence-corrected chi connectivity index (χ1v) is 5.85. The van der Waals surface area contributed by atoms with Crippen LogP contribution in [0.15, 0.2) is 18.2 Å². The van der Waals surface area contributed by atoms with E-state index in [-0.39, 0.29) is 6.04 Å². The first kappa shape index (κ1) is 12.9. The molecule has 1 unspecified atom stereocenters. The summed E-state index contributed by atoms with van der Waals surface area (Å²) in [6, 6.07) is 4.20. The van der Waals surface area contributed by atoms with Crippen molar-refractivity contribution in [3.05, 3.63) is 29.8 Å². The van der Waals surface area contributed by atoms with E-state index in [1.165, 1.54) is 18.9 Å². The molecule has 16 heavy (non-hydrogen) atoms. The standard InChI is InChI=1S/C13H19F2N/c1-3-4-5-6-10(2)16-11-7-8-12(14)13(15)9-11/h7-10,16H,3-6H2,1-2H3. The summed E-state index contributed by atoms with van der Waals surface area (Å²) in [6.07, 6.45) is 4.61. The van der Waals surface area contributed by atoms with E-state index in [9.17, 15) is 8.78 Å². The SMILES string of the molecule is CCCCCC(C)Nc1ccc(F)c(F)c1. The second-order valence-corrected chi connectivity index (χ2v) is 4.17. The summed E-state index contributed by atoms with van der Waals surface area (Å²) >= 11 is 0. The van der Waals surface area contributed by atoms with Crippen LogP contribution in [0.2, 0.25) is 0 Å². The van der Waals surface area contributed by atoms with Gasteiger partial charge < -0.3 is 5.32 Å². The van der Waals surface area contributed by atoms with E-state index in [0.717, 1.165) is 18.9 Å². The molecule has 1 N–H and O–H groups in total. The molecule has 1 aromatic rings. The highest BCUT2D eigenvalue weighted by molar-refractivity contribution is 5.44. The third-order valence-electron chi connectivity index (χ3n) is 2.57. The van der Waals surface area contributed by atoms with Crippen molar-refractivity contribution in [1.82, 2.24) is 0 Å². The summed E-state index contributed by atoms with van der Waals surface area (Å²) in [5.41, 5.74) is 0.642. The van der Waals surface area contributed by atoms with Gasteiger partial charge in [-0.2, -0.15) is 0 Å². The number of halogens is 2. The highest BCUT2D eigenvalue weighted by Crippen LogP contribution is 2.15. The summed E-state index contributed by atoms with van der Waals surface area (Å²) in [4.78, 5) is 0. The summed E-state index contributed by atoms with van der Waals surface area (Å²) in [6.45, 7) is 4.21. The third kappa shape index (κ3) is 4.17. The molecule has 3 heteroatoms. The quantitative estimate of drug-likeness (QED) is 0.712. The predicted octanol–water partition coefficient (Wildman–Crippen LogP) is 4.35. The lowest BCUT2D eigenvalue weighted by atomic mass is 10.1. The molecule has 0 heterocycles. The molecule has 1 nitrogen and oxygen atoms in total. The zero-order valence-corrected chi connectivity index (χ0v) is 9.89. The van der Waals surface area contributed by atoms with E-state index in [0.29, 0.717) is 5.69 Å². The zero-order valence-electron chi connectivity index (χ0n) is 9.89. The molecule has 0 saturated carbocycles. The van der Waals surface area contributed by atoms with Crippen LogP contribution in [0.5, 0.6) is 0 Å². The van der Waals surface area contributed by atoms with Crippen LogP contribution >= 0.6 is 0 Å². The number of unbranched alkanes of at least 4 members (excludes halogenated alkanes) is 2. The summed E-state index contributed by atoms with van der Waals surface area (Å²) in [7, 11) is 0. The molecular formula is C13H19F2N. The Balaban J connectivity index is 2.43. The molecule has 1 rings (SSSR count). The maximum Gasteiger partial charge on any atom is 0.160 e. The number of nitrogens with one attached hydrogen (secondary N) is 1. The minimum Gasteiger partial charge on any atom is -0.383 e. The lowest BCUT2D eigenvalue weighted by Gasteiger charge is -2.15. The Morgan fingerprint density at radius 3 is 2.56 bits per heavy atom. The highest BCUT2D eigenvalue weighted by atomic mass is 19.2. The van der Waals surface area contributed by atoms with Gasteiger partial charge in [-0.15, -0.1) is 0 Å². The molecule has 0 bridgehead atoms. The highest BCUT2D eigenvalue weighted by Gasteiger charge is 2.05. The lowest BCUT2D eigenvalue weighted by molar-refractivity contribution is 0.508. The first-order chi connectivity index (χ1) is 7.63. The van der Waals surface area contributed by atoms with Gasteiger partial charge in [-0.05, 0) is 25.5 Å². The molecule has 0 amide bonds. The van der Waals surface area contributed by atoms with Crippen molar-refractivity contribution in [3.63, 3.8) is 0 Å². The maximum atomic E-state index is 12.9. The summed E-state index contributed by atoms with van der Waals surface area (Å²) in [5, 5.41) is 3.16. The normalized spacial score (nSPS) is 12.5. The Hall–Kier alpha value is -1.12. The van der Waals surface area contributed by atoms with Gasteiger partial charge in [0.1, 0.15) is 0 Å². The third-order valence-corrected chi connectivity index (χ3v) is 2.57. The van der Waals surface area contributed by atoms with Crippen molar-refractivity contribution < 1.29 is 8.78 Å². The van der Waals surface area contributed by atoms with Crippen LogP contribution < -0.4 is 5.32 Å². The van der Waals surface area contributed by atoms with Crippen molar-refractivity contribution in [2.24, 2.45) is 0 Å². The van der Waals surface area contributed by atoms with Crippen LogP contribution in [0.25, 0.3) is 0 Å². The molecule has 0 fully saturated rings. The molecule has 90 valence electrons. The number of anilines is 1. The van der Waals surface area contributed by atoms with Crippen LogP contribution in [0.4, 0.5) is 14.5 Å². The van der Waals surface area contributed by atoms with Gasteiger partial charge >= 0.3 is 0 Å². The molecule has 0 radical (unpaired) electrons. The Bertz CT molecular complexity index is 326. The Labute approximate surface area is 95.9 Å². The number of benzene rings is 1. The topological polar surface area (TPSA) is 12.0 Å². The molecule has 1 aromatic carbocycles. The molecule has 0 aromatic heterocycles. The second kappa shape index (κ2) is 6.46. The second-order valence-electron chi connectivity index (χ2n) is 4.17. The van der Waals surface area contributed by atoms with Crippen LogP contribution in [0, 0.1) is 11.6 Å². The molecule has 0 aliphatic heterocycles.